The molecule has 0 aromatic carbocycles. The van der Waals surface area contributed by atoms with Gasteiger partial charge in [-0.25, -0.2) is 13.2 Å². The zero-order chi connectivity index (χ0) is 16.8. The number of aliphatic hydroxyl groups is 1. The van der Waals surface area contributed by atoms with Gasteiger partial charge in [-0.15, -0.1) is 0 Å². The third-order valence-electron chi connectivity index (χ3n) is 4.34. The molecule has 0 bridgehead atoms. The number of β-lactam (4-membered cyclic amide) rings is 1. The Kier molecular flexibility index (Phi) is 4.33. The highest BCUT2D eigenvalue weighted by Crippen LogP contribution is 2.44. The van der Waals surface area contributed by atoms with Crippen LogP contribution in [0.4, 0.5) is 0 Å². The standard InChI is InChI=1S/C13H20N2O6S/c1-6(4-14)22(20,21)5-8-3-9-10(7(2)16)12(17)15(9)11(8)13(18)19/h6-7,9-10,16H,3-5,14H2,1-2H3,(H,18,19). The third-order valence-corrected chi connectivity index (χ3v) is 6.51. The van der Waals surface area contributed by atoms with Crippen LogP contribution in [0, 0.1) is 5.92 Å². The van der Waals surface area contributed by atoms with Gasteiger partial charge in [0, 0.05) is 6.54 Å². The molecular formula is C13H20N2O6S. The number of carboxylic acid groups (broad SMARTS) is 1. The number of hydrogen-bond acceptors (Lipinski definition) is 6. The average molecular weight is 332 g/mol. The molecule has 0 saturated carbocycles. The van der Waals surface area contributed by atoms with Crippen molar-refractivity contribution in [2.75, 3.05) is 12.3 Å². The molecular weight excluding hydrogens is 312 g/mol. The minimum Gasteiger partial charge on any atom is -0.477 e. The number of aliphatic carboxylic acids is 1. The number of nitrogens with zero attached hydrogens (tertiary/aromatic N) is 1. The smallest absolute Gasteiger partial charge is 0.352 e. The molecule has 0 aliphatic carbocycles. The van der Waals surface area contributed by atoms with Gasteiger partial charge in [-0.2, -0.15) is 0 Å². The van der Waals surface area contributed by atoms with Crippen molar-refractivity contribution < 1.29 is 28.2 Å². The van der Waals surface area contributed by atoms with Crippen LogP contribution in [-0.2, 0) is 19.4 Å². The number of hydrogen-bond donors (Lipinski definition) is 3. The Morgan fingerprint density at radius 1 is 1.45 bits per heavy atom. The molecule has 124 valence electrons. The summed E-state index contributed by atoms with van der Waals surface area (Å²) < 4.78 is 24.3. The van der Waals surface area contributed by atoms with Gasteiger partial charge >= 0.3 is 5.97 Å². The third kappa shape index (κ3) is 2.53. The second kappa shape index (κ2) is 5.64. The van der Waals surface area contributed by atoms with E-state index < -0.39 is 50.8 Å². The molecule has 1 amide bonds. The summed E-state index contributed by atoms with van der Waals surface area (Å²) in [6.45, 7) is 2.87. The molecule has 0 aromatic rings. The fourth-order valence-electron chi connectivity index (χ4n) is 3.02. The van der Waals surface area contributed by atoms with Crippen LogP contribution < -0.4 is 5.73 Å². The van der Waals surface area contributed by atoms with Crippen LogP contribution >= 0.6 is 0 Å². The SMILES string of the molecule is CC(O)C1C(=O)N2C(C(=O)O)=C(CS(=O)(=O)C(C)CN)CC12. The number of nitrogens with two attached hydrogens (primary N) is 1. The zero-order valence-corrected chi connectivity index (χ0v) is 13.2. The molecule has 0 aromatic heterocycles. The van der Waals surface area contributed by atoms with E-state index >= 15 is 0 Å². The van der Waals surface area contributed by atoms with Crippen LogP contribution in [0.25, 0.3) is 0 Å². The molecule has 4 unspecified atom stereocenters. The molecule has 0 spiro atoms. The fraction of sp³-hybridized carbons (Fsp3) is 0.692. The molecule has 2 aliphatic heterocycles. The number of sulfone groups is 1. The summed E-state index contributed by atoms with van der Waals surface area (Å²) in [4.78, 5) is 24.5. The monoisotopic (exact) mass is 332 g/mol. The van der Waals surface area contributed by atoms with Crippen LogP contribution in [0.5, 0.6) is 0 Å². The molecule has 0 radical (unpaired) electrons. The summed E-state index contributed by atoms with van der Waals surface area (Å²) in [6, 6.07) is -0.475. The first-order valence-electron chi connectivity index (χ1n) is 7.00. The largest absolute Gasteiger partial charge is 0.477 e. The minimum absolute atomic E-state index is 0.0552. The number of aliphatic hydroxyl groups excluding tert-OH is 1. The van der Waals surface area contributed by atoms with Crippen LogP contribution in [0.3, 0.4) is 0 Å². The lowest BCUT2D eigenvalue weighted by Gasteiger charge is -2.44. The maximum absolute atomic E-state index is 12.2. The van der Waals surface area contributed by atoms with E-state index in [2.05, 4.69) is 0 Å². The molecule has 2 aliphatic rings. The predicted molar refractivity (Wildman–Crippen MR) is 77.4 cm³/mol. The Bertz CT molecular complexity index is 639. The Morgan fingerprint density at radius 3 is 2.50 bits per heavy atom. The van der Waals surface area contributed by atoms with Gasteiger partial charge in [0.05, 0.1) is 29.1 Å². The number of carbonyl (C=O) groups is 2. The van der Waals surface area contributed by atoms with E-state index in [0.717, 1.165) is 4.90 Å². The molecule has 2 rings (SSSR count). The molecule has 9 heteroatoms. The first-order chi connectivity index (χ1) is 10.1. The summed E-state index contributed by atoms with van der Waals surface area (Å²) in [6.07, 6.45) is -0.748. The van der Waals surface area contributed by atoms with Crippen molar-refractivity contribution >= 4 is 21.7 Å². The Balaban J connectivity index is 2.32. The van der Waals surface area contributed by atoms with E-state index in [1.54, 1.807) is 0 Å². The van der Waals surface area contributed by atoms with E-state index in [9.17, 15) is 28.2 Å². The second-order valence-electron chi connectivity index (χ2n) is 5.86. The van der Waals surface area contributed by atoms with Gasteiger partial charge in [0.1, 0.15) is 5.70 Å². The van der Waals surface area contributed by atoms with Crippen molar-refractivity contribution in [1.29, 1.82) is 0 Å². The average Bonchev–Trinajstić information content (AvgIpc) is 2.71. The van der Waals surface area contributed by atoms with Gasteiger partial charge in [-0.1, -0.05) is 0 Å². The lowest BCUT2D eigenvalue weighted by molar-refractivity contribution is -0.161. The van der Waals surface area contributed by atoms with E-state index in [1.165, 1.54) is 13.8 Å². The summed E-state index contributed by atoms with van der Waals surface area (Å²) >= 11 is 0. The Morgan fingerprint density at radius 2 is 2.05 bits per heavy atom. The quantitative estimate of drug-likeness (QED) is 0.514. The van der Waals surface area contributed by atoms with E-state index in [0.29, 0.717) is 0 Å². The predicted octanol–water partition coefficient (Wildman–Crippen LogP) is -1.30. The van der Waals surface area contributed by atoms with Gasteiger partial charge < -0.3 is 20.8 Å². The number of fused-ring (bicyclic) bond motifs is 1. The summed E-state index contributed by atoms with van der Waals surface area (Å²) in [5.41, 5.74) is 5.31. The molecule has 4 atom stereocenters. The first-order valence-corrected chi connectivity index (χ1v) is 8.71. The maximum atomic E-state index is 12.2. The van der Waals surface area contributed by atoms with Crippen molar-refractivity contribution in [3.63, 3.8) is 0 Å². The van der Waals surface area contributed by atoms with Crippen LogP contribution in [0.15, 0.2) is 11.3 Å². The van der Waals surface area contributed by atoms with E-state index in [1.807, 2.05) is 0 Å². The molecule has 1 saturated heterocycles. The van der Waals surface area contributed by atoms with Crippen LogP contribution in [-0.4, -0.2) is 65.1 Å². The Hall–Kier alpha value is -1.45. The zero-order valence-electron chi connectivity index (χ0n) is 12.4. The summed E-state index contributed by atoms with van der Waals surface area (Å²) in [5, 5.41) is 18.1. The first kappa shape index (κ1) is 16.9. The number of carboxylic acids is 1. The lowest BCUT2D eigenvalue weighted by Crippen LogP contribution is -2.61. The molecule has 1 fully saturated rings. The maximum Gasteiger partial charge on any atom is 0.352 e. The van der Waals surface area contributed by atoms with Gasteiger partial charge in [-0.05, 0) is 25.8 Å². The van der Waals surface area contributed by atoms with Crippen LogP contribution in [0.2, 0.25) is 0 Å². The van der Waals surface area contributed by atoms with Gasteiger partial charge in [0.2, 0.25) is 5.91 Å². The topological polar surface area (TPSA) is 138 Å². The highest BCUT2D eigenvalue weighted by Gasteiger charge is 2.56. The van der Waals surface area contributed by atoms with E-state index in [4.69, 9.17) is 5.73 Å². The highest BCUT2D eigenvalue weighted by molar-refractivity contribution is 7.92. The van der Waals surface area contributed by atoms with E-state index in [-0.39, 0.29) is 24.2 Å². The highest BCUT2D eigenvalue weighted by atomic mass is 32.2. The summed E-state index contributed by atoms with van der Waals surface area (Å²) in [5.74, 6) is -2.91. The molecule has 8 nitrogen and oxygen atoms in total. The van der Waals surface area contributed by atoms with Crippen LogP contribution in [0.1, 0.15) is 20.3 Å². The van der Waals surface area contributed by atoms with Gasteiger partial charge in [-0.3, -0.25) is 4.79 Å². The normalized spacial score (nSPS) is 27.5. The fourth-order valence-corrected chi connectivity index (χ4v) is 4.34. The Labute approximate surface area is 128 Å². The second-order valence-corrected chi connectivity index (χ2v) is 8.28. The van der Waals surface area contributed by atoms with Crippen molar-refractivity contribution in [2.45, 2.75) is 37.7 Å². The van der Waals surface area contributed by atoms with Crippen molar-refractivity contribution in [3.05, 3.63) is 11.3 Å². The van der Waals surface area contributed by atoms with Crippen molar-refractivity contribution in [3.8, 4) is 0 Å². The van der Waals surface area contributed by atoms with Crippen molar-refractivity contribution in [1.82, 2.24) is 4.90 Å². The lowest BCUT2D eigenvalue weighted by atomic mass is 9.83. The number of amides is 1. The van der Waals surface area contributed by atoms with Crippen molar-refractivity contribution in [2.24, 2.45) is 11.7 Å². The van der Waals surface area contributed by atoms with Gasteiger partial charge in [0.25, 0.3) is 0 Å². The molecule has 22 heavy (non-hydrogen) atoms. The number of rotatable bonds is 6. The number of carbonyl (C=O) groups excluding carboxylic acids is 1. The molecule has 4 N–H and O–H groups in total. The molecule has 2 heterocycles. The summed E-state index contributed by atoms with van der Waals surface area (Å²) in [7, 11) is -3.58. The minimum atomic E-state index is -3.58. The van der Waals surface area contributed by atoms with Gasteiger partial charge in [0.15, 0.2) is 9.84 Å².